The summed E-state index contributed by atoms with van der Waals surface area (Å²) in [4.78, 5) is 13.6. The minimum Gasteiger partial charge on any atom is -0.312 e. The number of ketones is 1. The smallest absolute Gasteiger partial charge is 0.179 e. The second-order valence-corrected chi connectivity index (χ2v) is 5.76. The van der Waals surface area contributed by atoms with Crippen molar-refractivity contribution in [3.63, 3.8) is 0 Å². The molecule has 0 saturated carbocycles. The Hall–Kier alpha value is -1.58. The van der Waals surface area contributed by atoms with Gasteiger partial charge in [0, 0.05) is 10.5 Å². The molecule has 0 amide bonds. The van der Waals surface area contributed by atoms with Gasteiger partial charge in [0.05, 0.1) is 11.3 Å². The van der Waals surface area contributed by atoms with Crippen LogP contribution in [0.25, 0.3) is 0 Å². The van der Waals surface area contributed by atoms with E-state index in [0.29, 0.717) is 0 Å². The molecule has 1 aliphatic heterocycles. The molecule has 1 N–H and O–H groups in total. The monoisotopic (exact) mass is 269 g/mol. The van der Waals surface area contributed by atoms with E-state index >= 15 is 0 Å². The van der Waals surface area contributed by atoms with Crippen LogP contribution in [0, 0.1) is 0 Å². The van der Waals surface area contributed by atoms with Crippen molar-refractivity contribution in [2.45, 2.75) is 16.2 Å². The van der Waals surface area contributed by atoms with Gasteiger partial charge < -0.3 is 5.32 Å². The van der Waals surface area contributed by atoms with Crippen LogP contribution in [0.15, 0.2) is 59.5 Å². The van der Waals surface area contributed by atoms with Gasteiger partial charge in [-0.25, -0.2) is 0 Å². The predicted molar refractivity (Wildman–Crippen MR) is 78.7 cm³/mol. The fourth-order valence-corrected chi connectivity index (χ4v) is 3.88. The molecule has 0 spiro atoms. The highest BCUT2D eigenvalue weighted by atomic mass is 32.2. The molecule has 3 heteroatoms. The molecule has 0 radical (unpaired) electrons. The summed E-state index contributed by atoms with van der Waals surface area (Å²) in [5, 5.41) is 3.20. The highest BCUT2D eigenvalue weighted by Gasteiger charge is 2.36. The van der Waals surface area contributed by atoms with Gasteiger partial charge in [-0.1, -0.05) is 48.5 Å². The topological polar surface area (TPSA) is 29.1 Å². The van der Waals surface area contributed by atoms with Crippen molar-refractivity contribution < 1.29 is 4.79 Å². The molecule has 2 aromatic carbocycles. The normalized spacial score (nSPS) is 19.2. The Morgan fingerprint density at radius 3 is 2.42 bits per heavy atom. The summed E-state index contributed by atoms with van der Waals surface area (Å²) in [7, 11) is 1.91. The van der Waals surface area contributed by atoms with Crippen LogP contribution in [0.4, 0.5) is 0 Å². The highest BCUT2D eigenvalue weighted by Crippen LogP contribution is 2.42. The Balaban J connectivity index is 1.94. The van der Waals surface area contributed by atoms with E-state index in [1.54, 1.807) is 11.8 Å². The standard InChI is InChI=1S/C16H15NOS/c1-17-14(11-7-3-2-4-8-11)16-15(18)12-9-5-6-10-13(12)19-16/h2-10,14,16-17H,1H3. The van der Waals surface area contributed by atoms with Crippen molar-refractivity contribution in [2.24, 2.45) is 0 Å². The number of carbonyl (C=O) groups excluding carboxylic acids is 1. The molecule has 1 aliphatic rings. The lowest BCUT2D eigenvalue weighted by atomic mass is 9.98. The minimum absolute atomic E-state index is 0.0473. The van der Waals surface area contributed by atoms with E-state index in [1.165, 1.54) is 0 Å². The number of hydrogen-bond donors (Lipinski definition) is 1. The summed E-state index contributed by atoms with van der Waals surface area (Å²) in [5.41, 5.74) is 2.01. The zero-order valence-corrected chi connectivity index (χ0v) is 11.5. The van der Waals surface area contributed by atoms with E-state index in [1.807, 2.05) is 49.5 Å². The Morgan fingerprint density at radius 1 is 1.05 bits per heavy atom. The van der Waals surface area contributed by atoms with Crippen LogP contribution < -0.4 is 5.32 Å². The molecule has 2 aromatic rings. The molecule has 0 aromatic heterocycles. The number of fused-ring (bicyclic) bond motifs is 1. The SMILES string of the molecule is CNC(c1ccccc1)C1Sc2ccccc2C1=O. The Morgan fingerprint density at radius 2 is 1.74 bits per heavy atom. The lowest BCUT2D eigenvalue weighted by Gasteiger charge is -2.21. The molecular formula is C16H15NOS. The van der Waals surface area contributed by atoms with Crippen molar-refractivity contribution in [3.05, 3.63) is 65.7 Å². The number of benzene rings is 2. The quantitative estimate of drug-likeness (QED) is 0.927. The fourth-order valence-electron chi connectivity index (χ4n) is 2.49. The third-order valence-corrected chi connectivity index (χ3v) is 4.79. The first-order valence-electron chi connectivity index (χ1n) is 6.33. The molecule has 96 valence electrons. The van der Waals surface area contributed by atoms with Crippen molar-refractivity contribution in [3.8, 4) is 0 Å². The molecule has 0 saturated heterocycles. The first-order valence-corrected chi connectivity index (χ1v) is 7.21. The molecule has 0 aliphatic carbocycles. The van der Waals surface area contributed by atoms with E-state index < -0.39 is 0 Å². The zero-order chi connectivity index (χ0) is 13.2. The van der Waals surface area contributed by atoms with Gasteiger partial charge in [0.15, 0.2) is 5.78 Å². The maximum absolute atomic E-state index is 12.5. The first-order chi connectivity index (χ1) is 9.31. The average Bonchev–Trinajstić information content (AvgIpc) is 2.79. The third-order valence-electron chi connectivity index (χ3n) is 3.44. The summed E-state index contributed by atoms with van der Waals surface area (Å²) in [5.74, 6) is 0.226. The lowest BCUT2D eigenvalue weighted by molar-refractivity contribution is 0.0980. The van der Waals surface area contributed by atoms with Gasteiger partial charge in [-0.15, -0.1) is 11.8 Å². The van der Waals surface area contributed by atoms with Crippen LogP contribution in [-0.4, -0.2) is 18.1 Å². The molecule has 0 fully saturated rings. The van der Waals surface area contributed by atoms with Crippen molar-refractivity contribution in [1.82, 2.24) is 5.32 Å². The Kier molecular flexibility index (Phi) is 3.40. The van der Waals surface area contributed by atoms with Gasteiger partial charge in [0.1, 0.15) is 0 Å². The van der Waals surface area contributed by atoms with Gasteiger partial charge in [-0.3, -0.25) is 4.79 Å². The number of Topliss-reactive ketones (excluding diaryl/α,β-unsaturated/α-hetero) is 1. The molecule has 0 bridgehead atoms. The molecule has 19 heavy (non-hydrogen) atoms. The van der Waals surface area contributed by atoms with E-state index in [4.69, 9.17) is 0 Å². The second kappa shape index (κ2) is 5.19. The molecule has 2 unspecified atom stereocenters. The number of hydrogen-bond acceptors (Lipinski definition) is 3. The van der Waals surface area contributed by atoms with E-state index in [-0.39, 0.29) is 17.1 Å². The van der Waals surface area contributed by atoms with E-state index in [2.05, 4.69) is 17.4 Å². The van der Waals surface area contributed by atoms with E-state index in [0.717, 1.165) is 16.0 Å². The molecular weight excluding hydrogens is 254 g/mol. The molecule has 2 atom stereocenters. The Labute approximate surface area is 117 Å². The van der Waals surface area contributed by atoms with Crippen LogP contribution in [0.2, 0.25) is 0 Å². The second-order valence-electron chi connectivity index (χ2n) is 4.58. The van der Waals surface area contributed by atoms with Gasteiger partial charge in [-0.05, 0) is 18.7 Å². The molecule has 1 heterocycles. The zero-order valence-electron chi connectivity index (χ0n) is 10.7. The largest absolute Gasteiger partial charge is 0.312 e. The summed E-state index contributed by atoms with van der Waals surface area (Å²) >= 11 is 1.66. The summed E-state index contributed by atoms with van der Waals surface area (Å²) in [6, 6.07) is 18.1. The molecule has 3 rings (SSSR count). The summed E-state index contributed by atoms with van der Waals surface area (Å²) < 4.78 is 0. The number of thioether (sulfide) groups is 1. The highest BCUT2D eigenvalue weighted by molar-refractivity contribution is 8.01. The predicted octanol–water partition coefficient (Wildman–Crippen LogP) is 3.30. The maximum atomic E-state index is 12.5. The molecule has 2 nitrogen and oxygen atoms in total. The van der Waals surface area contributed by atoms with Crippen LogP contribution in [0.3, 0.4) is 0 Å². The van der Waals surface area contributed by atoms with Crippen molar-refractivity contribution in [2.75, 3.05) is 7.05 Å². The number of rotatable bonds is 3. The van der Waals surface area contributed by atoms with Crippen LogP contribution >= 0.6 is 11.8 Å². The number of nitrogens with one attached hydrogen (secondary N) is 1. The maximum Gasteiger partial charge on any atom is 0.179 e. The first kappa shape index (κ1) is 12.5. The van der Waals surface area contributed by atoms with Gasteiger partial charge >= 0.3 is 0 Å². The Bertz CT molecular complexity index is 597. The fraction of sp³-hybridized carbons (Fsp3) is 0.188. The van der Waals surface area contributed by atoms with Crippen molar-refractivity contribution in [1.29, 1.82) is 0 Å². The number of carbonyl (C=O) groups is 1. The summed E-state index contributed by atoms with van der Waals surface area (Å²) in [6.07, 6.45) is 0. The van der Waals surface area contributed by atoms with Crippen molar-refractivity contribution >= 4 is 17.5 Å². The van der Waals surface area contributed by atoms with Gasteiger partial charge in [0.2, 0.25) is 0 Å². The third kappa shape index (κ3) is 2.20. The van der Waals surface area contributed by atoms with Gasteiger partial charge in [0.25, 0.3) is 0 Å². The van der Waals surface area contributed by atoms with E-state index in [9.17, 15) is 4.79 Å². The minimum atomic E-state index is -0.0789. The van der Waals surface area contributed by atoms with Gasteiger partial charge in [-0.2, -0.15) is 0 Å². The lowest BCUT2D eigenvalue weighted by Crippen LogP contribution is -2.30. The van der Waals surface area contributed by atoms with Crippen LogP contribution in [-0.2, 0) is 0 Å². The average molecular weight is 269 g/mol. The summed E-state index contributed by atoms with van der Waals surface area (Å²) in [6.45, 7) is 0. The van der Waals surface area contributed by atoms with Crippen LogP contribution in [0.1, 0.15) is 22.0 Å². The van der Waals surface area contributed by atoms with Crippen LogP contribution in [0.5, 0.6) is 0 Å².